The fourth-order valence-electron chi connectivity index (χ4n) is 2.46. The quantitative estimate of drug-likeness (QED) is 0.502. The van der Waals surface area contributed by atoms with Gasteiger partial charge in [-0.25, -0.2) is 0 Å². The maximum atomic E-state index is 10.9. The molecule has 0 unspecified atom stereocenters. The monoisotopic (exact) mass is 366 g/mol. The molecule has 0 spiro atoms. The molecular weight excluding hydrogens is 348 g/mol. The summed E-state index contributed by atoms with van der Waals surface area (Å²) in [6, 6.07) is 12.2. The second kappa shape index (κ2) is 7.65. The Morgan fingerprint density at radius 3 is 2.59 bits per heavy atom. The number of rotatable bonds is 6. The second-order valence-electron chi connectivity index (χ2n) is 5.87. The average molecular weight is 366 g/mol. The summed E-state index contributed by atoms with van der Waals surface area (Å²) in [6.45, 7) is 3.66. The number of ether oxygens (including phenoxy) is 1. The van der Waals surface area contributed by atoms with Crippen molar-refractivity contribution in [1.29, 1.82) is 0 Å². The number of hydrogen-bond acceptors (Lipinski definition) is 8. The molecule has 0 amide bonds. The largest absolute Gasteiger partial charge is 0.486 e. The van der Waals surface area contributed by atoms with Crippen LogP contribution in [0.3, 0.4) is 0 Å². The number of anilines is 3. The molecule has 138 valence electrons. The summed E-state index contributed by atoms with van der Waals surface area (Å²) in [7, 11) is 0. The summed E-state index contributed by atoms with van der Waals surface area (Å²) >= 11 is 0. The lowest BCUT2D eigenvalue weighted by atomic mass is 10.2. The Morgan fingerprint density at radius 1 is 1.11 bits per heavy atom. The molecular formula is C18H18N6O3. The van der Waals surface area contributed by atoms with Crippen LogP contribution in [0.2, 0.25) is 0 Å². The van der Waals surface area contributed by atoms with Crippen LogP contribution in [0.25, 0.3) is 0 Å². The van der Waals surface area contributed by atoms with Gasteiger partial charge in [0, 0.05) is 17.3 Å². The Kier molecular flexibility index (Phi) is 5.11. The number of nitrogens with zero attached hydrogens (tertiary/aromatic N) is 4. The third-order valence-corrected chi connectivity index (χ3v) is 3.82. The highest BCUT2D eigenvalue weighted by molar-refractivity contribution is 5.58. The predicted molar refractivity (Wildman–Crippen MR) is 101 cm³/mol. The van der Waals surface area contributed by atoms with E-state index >= 15 is 0 Å². The molecule has 0 aliphatic carbocycles. The normalized spacial score (nSPS) is 10.4. The average Bonchev–Trinajstić information content (AvgIpc) is 2.61. The molecule has 0 radical (unpaired) electrons. The van der Waals surface area contributed by atoms with E-state index in [1.807, 2.05) is 31.2 Å². The van der Waals surface area contributed by atoms with Crippen molar-refractivity contribution < 1.29 is 9.66 Å². The van der Waals surface area contributed by atoms with E-state index in [1.165, 1.54) is 12.1 Å². The molecule has 0 fully saturated rings. The van der Waals surface area contributed by atoms with Crippen molar-refractivity contribution in [3.8, 4) is 5.75 Å². The Bertz CT molecular complexity index is 993. The van der Waals surface area contributed by atoms with Crippen LogP contribution >= 0.6 is 0 Å². The van der Waals surface area contributed by atoms with E-state index in [2.05, 4.69) is 20.3 Å². The van der Waals surface area contributed by atoms with E-state index in [1.54, 1.807) is 13.0 Å². The van der Waals surface area contributed by atoms with Crippen LogP contribution < -0.4 is 15.8 Å². The lowest BCUT2D eigenvalue weighted by Crippen LogP contribution is -2.09. The Labute approximate surface area is 155 Å². The summed E-state index contributed by atoms with van der Waals surface area (Å²) in [6.07, 6.45) is 0. The summed E-state index contributed by atoms with van der Waals surface area (Å²) in [4.78, 5) is 22.9. The Balaban J connectivity index is 1.74. The van der Waals surface area contributed by atoms with Crippen molar-refractivity contribution >= 4 is 23.3 Å². The maximum Gasteiger partial charge on any atom is 0.272 e. The SMILES string of the molecule is Cc1ccccc1Nc1nc(N)nc(COc2ccc([N+](=O)[O-])c(C)c2)n1. The van der Waals surface area contributed by atoms with Crippen molar-refractivity contribution in [3.63, 3.8) is 0 Å². The zero-order chi connectivity index (χ0) is 19.4. The van der Waals surface area contributed by atoms with Gasteiger partial charge in [-0.05, 0) is 37.6 Å². The maximum absolute atomic E-state index is 10.9. The molecule has 3 aromatic rings. The Hall–Kier alpha value is -3.75. The van der Waals surface area contributed by atoms with Crippen LogP contribution in [-0.2, 0) is 6.61 Å². The number of hydrogen-bond donors (Lipinski definition) is 2. The van der Waals surface area contributed by atoms with Crippen LogP contribution in [-0.4, -0.2) is 19.9 Å². The molecule has 0 aliphatic rings. The summed E-state index contributed by atoms with van der Waals surface area (Å²) in [5.74, 6) is 1.20. The van der Waals surface area contributed by atoms with E-state index in [0.717, 1.165) is 11.3 Å². The smallest absolute Gasteiger partial charge is 0.272 e. The number of nitro groups is 1. The van der Waals surface area contributed by atoms with Gasteiger partial charge in [0.05, 0.1) is 4.92 Å². The van der Waals surface area contributed by atoms with Crippen LogP contribution in [0.15, 0.2) is 42.5 Å². The van der Waals surface area contributed by atoms with Gasteiger partial charge in [-0.2, -0.15) is 15.0 Å². The molecule has 9 heteroatoms. The van der Waals surface area contributed by atoms with Gasteiger partial charge in [0.15, 0.2) is 5.82 Å². The zero-order valence-electron chi connectivity index (χ0n) is 14.8. The molecule has 2 aromatic carbocycles. The zero-order valence-corrected chi connectivity index (χ0v) is 14.8. The molecule has 0 saturated heterocycles. The van der Waals surface area contributed by atoms with E-state index in [9.17, 15) is 10.1 Å². The molecule has 27 heavy (non-hydrogen) atoms. The van der Waals surface area contributed by atoms with Gasteiger partial charge >= 0.3 is 0 Å². The lowest BCUT2D eigenvalue weighted by Gasteiger charge is -2.10. The van der Waals surface area contributed by atoms with Crippen molar-refractivity contribution in [3.05, 3.63) is 69.5 Å². The van der Waals surface area contributed by atoms with Crippen LogP contribution in [0.5, 0.6) is 5.75 Å². The van der Waals surface area contributed by atoms with Gasteiger partial charge < -0.3 is 15.8 Å². The van der Waals surface area contributed by atoms with E-state index in [-0.39, 0.29) is 18.2 Å². The van der Waals surface area contributed by atoms with Gasteiger partial charge in [0.25, 0.3) is 5.69 Å². The molecule has 1 heterocycles. The van der Waals surface area contributed by atoms with Crippen molar-refractivity contribution in [2.75, 3.05) is 11.1 Å². The molecule has 9 nitrogen and oxygen atoms in total. The lowest BCUT2D eigenvalue weighted by molar-refractivity contribution is -0.385. The number of nitro benzene ring substituents is 1. The van der Waals surface area contributed by atoms with E-state index < -0.39 is 4.92 Å². The molecule has 3 N–H and O–H groups in total. The number of nitrogens with one attached hydrogen (secondary N) is 1. The topological polar surface area (TPSA) is 129 Å². The van der Waals surface area contributed by atoms with Crippen LogP contribution in [0.1, 0.15) is 17.0 Å². The van der Waals surface area contributed by atoms with Gasteiger partial charge in [-0.1, -0.05) is 18.2 Å². The number of nitrogen functional groups attached to an aromatic ring is 1. The van der Waals surface area contributed by atoms with Crippen LogP contribution in [0, 0.1) is 24.0 Å². The third kappa shape index (κ3) is 4.46. The van der Waals surface area contributed by atoms with Gasteiger partial charge in [0.2, 0.25) is 11.9 Å². The number of benzene rings is 2. The van der Waals surface area contributed by atoms with E-state index in [0.29, 0.717) is 23.1 Å². The second-order valence-corrected chi connectivity index (χ2v) is 5.87. The van der Waals surface area contributed by atoms with Crippen molar-refractivity contribution in [1.82, 2.24) is 15.0 Å². The van der Waals surface area contributed by atoms with Crippen molar-refractivity contribution in [2.45, 2.75) is 20.5 Å². The van der Waals surface area contributed by atoms with E-state index in [4.69, 9.17) is 10.5 Å². The highest BCUT2D eigenvalue weighted by Crippen LogP contribution is 2.24. The minimum absolute atomic E-state index is 0.0384. The first-order chi connectivity index (χ1) is 12.9. The first-order valence-corrected chi connectivity index (χ1v) is 8.13. The Morgan fingerprint density at radius 2 is 1.89 bits per heavy atom. The summed E-state index contributed by atoms with van der Waals surface area (Å²) in [5.41, 5.74) is 8.21. The van der Waals surface area contributed by atoms with Crippen LogP contribution in [0.4, 0.5) is 23.3 Å². The number of para-hydroxylation sites is 1. The summed E-state index contributed by atoms with van der Waals surface area (Å²) < 4.78 is 5.63. The molecule has 1 aromatic heterocycles. The molecule has 0 atom stereocenters. The molecule has 0 bridgehead atoms. The third-order valence-electron chi connectivity index (χ3n) is 3.82. The predicted octanol–water partition coefficient (Wildman–Crippen LogP) is 3.30. The fourth-order valence-corrected chi connectivity index (χ4v) is 2.46. The fraction of sp³-hybridized carbons (Fsp3) is 0.167. The number of aryl methyl sites for hydroxylation is 2. The molecule has 3 rings (SSSR count). The van der Waals surface area contributed by atoms with Gasteiger partial charge in [-0.3, -0.25) is 10.1 Å². The first kappa shape index (κ1) is 18.1. The standard InChI is InChI=1S/C18H18N6O3/c1-11-5-3-4-6-14(11)20-18-22-16(21-17(19)23-18)10-27-13-7-8-15(24(25)26)12(2)9-13/h3-9H,10H2,1-2H3,(H3,19,20,21,22,23). The number of aromatic nitrogens is 3. The van der Waals surface area contributed by atoms with Gasteiger partial charge in [0.1, 0.15) is 12.4 Å². The highest BCUT2D eigenvalue weighted by atomic mass is 16.6. The minimum atomic E-state index is -0.435. The highest BCUT2D eigenvalue weighted by Gasteiger charge is 2.12. The molecule has 0 saturated carbocycles. The van der Waals surface area contributed by atoms with Crippen molar-refractivity contribution in [2.24, 2.45) is 0 Å². The minimum Gasteiger partial charge on any atom is -0.486 e. The van der Waals surface area contributed by atoms with Gasteiger partial charge in [-0.15, -0.1) is 0 Å². The first-order valence-electron chi connectivity index (χ1n) is 8.13. The molecule has 0 aliphatic heterocycles. The number of nitrogens with two attached hydrogens (primary N) is 1. The summed E-state index contributed by atoms with van der Waals surface area (Å²) in [5, 5.41) is 14.0.